The fourth-order valence-electron chi connectivity index (χ4n) is 0.881. The van der Waals surface area contributed by atoms with Gasteiger partial charge in [0.05, 0.1) is 0 Å². The maximum absolute atomic E-state index is 2.43. The summed E-state index contributed by atoms with van der Waals surface area (Å²) >= 11 is 0. The van der Waals surface area contributed by atoms with Gasteiger partial charge in [0.25, 0.3) is 0 Å². The summed E-state index contributed by atoms with van der Waals surface area (Å²) in [5.74, 6) is 0. The van der Waals surface area contributed by atoms with E-state index in [0.29, 0.717) is 0 Å². The number of nitrogens with zero attached hydrogens (tertiary/aromatic N) is 2. The Kier molecular flexibility index (Phi) is 18.3. The Morgan fingerprint density at radius 1 is 0.917 bits per heavy atom. The molecule has 0 spiro atoms. The third-order valence-corrected chi connectivity index (χ3v) is 1.76. The van der Waals surface area contributed by atoms with Crippen molar-refractivity contribution < 1.29 is 19.5 Å². The molecular weight excluding hydrogens is 225 g/mol. The molecule has 0 atom stereocenters. The minimum Gasteiger partial charge on any atom is -0.308 e. The maximum Gasteiger partial charge on any atom is 0.0109 e. The number of rotatable bonds is 5. The van der Waals surface area contributed by atoms with Crippen molar-refractivity contribution >= 4 is 12.4 Å². The molecule has 0 aromatic rings. The Morgan fingerprint density at radius 3 is 1.58 bits per heavy atom. The van der Waals surface area contributed by atoms with Crippen LogP contribution in [0.1, 0.15) is 13.8 Å². The van der Waals surface area contributed by atoms with Crippen molar-refractivity contribution in [3.63, 3.8) is 0 Å². The van der Waals surface area contributed by atoms with Crippen molar-refractivity contribution in [2.75, 3.05) is 40.3 Å². The standard InChI is InChI=1S/C8H20N2.ClH.Zn/c1-5-10(6-2)8-7-9(3)4;;/h5-8H2,1-4H3;1H;. The Hall–Kier alpha value is 0.833. The normalized spacial score (nSPS) is 9.50. The average Bonchev–Trinajstić information content (AvgIpc) is 1.90. The Balaban J connectivity index is -0.000000405. The first-order valence-electron chi connectivity index (χ1n) is 4.07. The third kappa shape index (κ3) is 10.8. The van der Waals surface area contributed by atoms with E-state index in [1.54, 1.807) is 0 Å². The molecule has 0 aliphatic heterocycles. The fraction of sp³-hybridized carbons (Fsp3) is 1.00. The molecule has 4 heteroatoms. The number of likely N-dealkylation sites (N-methyl/N-ethyl adjacent to an activating group) is 2. The van der Waals surface area contributed by atoms with Crippen LogP contribution in [-0.2, 0) is 19.5 Å². The van der Waals surface area contributed by atoms with Crippen LogP contribution in [0.2, 0.25) is 0 Å². The summed E-state index contributed by atoms with van der Waals surface area (Å²) in [4.78, 5) is 4.65. The number of hydrogen-bond donors (Lipinski definition) is 0. The second kappa shape index (κ2) is 11.8. The van der Waals surface area contributed by atoms with E-state index in [0.717, 1.165) is 0 Å². The first-order valence-corrected chi connectivity index (χ1v) is 4.07. The molecular formula is C8H21ClN2Zn. The Morgan fingerprint density at radius 2 is 1.33 bits per heavy atom. The summed E-state index contributed by atoms with van der Waals surface area (Å²) in [6.45, 7) is 9.12. The van der Waals surface area contributed by atoms with Gasteiger partial charge in [0.15, 0.2) is 0 Å². The van der Waals surface area contributed by atoms with E-state index >= 15 is 0 Å². The SMILES string of the molecule is CCN(CC)CCN(C)C.Cl.[Zn]. The minimum absolute atomic E-state index is 0. The quantitative estimate of drug-likeness (QED) is 0.675. The molecule has 0 bridgehead atoms. The average molecular weight is 246 g/mol. The predicted octanol–water partition coefficient (Wildman–Crippen LogP) is 1.31. The molecule has 0 fully saturated rings. The van der Waals surface area contributed by atoms with E-state index in [9.17, 15) is 0 Å². The topological polar surface area (TPSA) is 6.48 Å². The van der Waals surface area contributed by atoms with Crippen LogP contribution in [0, 0.1) is 0 Å². The molecule has 0 aromatic carbocycles. The van der Waals surface area contributed by atoms with Crippen molar-refractivity contribution in [2.24, 2.45) is 0 Å². The van der Waals surface area contributed by atoms with Gasteiger partial charge in [0.2, 0.25) is 0 Å². The maximum atomic E-state index is 2.43. The largest absolute Gasteiger partial charge is 0.308 e. The zero-order chi connectivity index (χ0) is 7.98. The summed E-state index contributed by atoms with van der Waals surface area (Å²) in [6.07, 6.45) is 0. The van der Waals surface area contributed by atoms with Gasteiger partial charge in [-0.2, -0.15) is 0 Å². The summed E-state index contributed by atoms with van der Waals surface area (Å²) < 4.78 is 0. The summed E-state index contributed by atoms with van der Waals surface area (Å²) in [7, 11) is 4.23. The van der Waals surface area contributed by atoms with Gasteiger partial charge in [0, 0.05) is 32.6 Å². The zero-order valence-electron chi connectivity index (χ0n) is 8.84. The van der Waals surface area contributed by atoms with Crippen LogP contribution in [0.15, 0.2) is 0 Å². The van der Waals surface area contributed by atoms with Gasteiger partial charge < -0.3 is 9.80 Å². The van der Waals surface area contributed by atoms with Crippen molar-refractivity contribution in [3.05, 3.63) is 0 Å². The Bertz CT molecular complexity index is 77.5. The van der Waals surface area contributed by atoms with Crippen LogP contribution < -0.4 is 0 Å². The van der Waals surface area contributed by atoms with Crippen molar-refractivity contribution in [3.8, 4) is 0 Å². The number of halogens is 1. The molecule has 0 radical (unpaired) electrons. The third-order valence-electron chi connectivity index (χ3n) is 1.76. The molecule has 2 nitrogen and oxygen atoms in total. The van der Waals surface area contributed by atoms with Crippen LogP contribution >= 0.6 is 12.4 Å². The van der Waals surface area contributed by atoms with E-state index in [4.69, 9.17) is 0 Å². The number of hydrogen-bond acceptors (Lipinski definition) is 2. The second-order valence-corrected chi connectivity index (χ2v) is 2.83. The van der Waals surface area contributed by atoms with E-state index in [-0.39, 0.29) is 31.9 Å². The summed E-state index contributed by atoms with van der Waals surface area (Å²) in [6, 6.07) is 0. The van der Waals surface area contributed by atoms with Gasteiger partial charge >= 0.3 is 0 Å². The van der Waals surface area contributed by atoms with Crippen LogP contribution in [0.5, 0.6) is 0 Å². The first-order chi connectivity index (χ1) is 4.70. The molecule has 0 saturated carbocycles. The van der Waals surface area contributed by atoms with Crippen LogP contribution in [-0.4, -0.2) is 50.1 Å². The van der Waals surface area contributed by atoms with E-state index in [1.165, 1.54) is 26.2 Å². The van der Waals surface area contributed by atoms with Crippen LogP contribution in [0.3, 0.4) is 0 Å². The smallest absolute Gasteiger partial charge is 0.0109 e. The zero-order valence-corrected chi connectivity index (χ0v) is 12.6. The molecule has 0 amide bonds. The van der Waals surface area contributed by atoms with Crippen molar-refractivity contribution in [2.45, 2.75) is 13.8 Å². The van der Waals surface area contributed by atoms with Crippen molar-refractivity contribution in [1.82, 2.24) is 9.80 Å². The van der Waals surface area contributed by atoms with Crippen molar-refractivity contribution in [1.29, 1.82) is 0 Å². The van der Waals surface area contributed by atoms with Gasteiger partial charge in [-0.15, -0.1) is 12.4 Å². The van der Waals surface area contributed by atoms with Gasteiger partial charge in [-0.25, -0.2) is 0 Å². The summed E-state index contributed by atoms with van der Waals surface area (Å²) in [5, 5.41) is 0. The molecule has 0 N–H and O–H groups in total. The van der Waals surface area contributed by atoms with Gasteiger partial charge in [-0.1, -0.05) is 13.8 Å². The monoisotopic (exact) mass is 244 g/mol. The molecule has 0 aliphatic rings. The van der Waals surface area contributed by atoms with E-state index in [1.807, 2.05) is 0 Å². The van der Waals surface area contributed by atoms with Gasteiger partial charge in [-0.3, -0.25) is 0 Å². The Labute approximate surface area is 95.8 Å². The molecule has 0 saturated heterocycles. The first kappa shape index (κ1) is 18.6. The van der Waals surface area contributed by atoms with E-state index < -0.39 is 0 Å². The van der Waals surface area contributed by atoms with Gasteiger partial charge in [-0.05, 0) is 27.2 Å². The van der Waals surface area contributed by atoms with E-state index in [2.05, 4.69) is 37.7 Å². The molecule has 0 aliphatic carbocycles. The molecule has 0 rings (SSSR count). The molecule has 0 aromatic heterocycles. The van der Waals surface area contributed by atoms with Gasteiger partial charge in [0.1, 0.15) is 0 Å². The molecule has 12 heavy (non-hydrogen) atoms. The van der Waals surface area contributed by atoms with Crippen LogP contribution in [0.4, 0.5) is 0 Å². The molecule has 0 unspecified atom stereocenters. The minimum atomic E-state index is 0. The van der Waals surface area contributed by atoms with Crippen LogP contribution in [0.25, 0.3) is 0 Å². The fourth-order valence-corrected chi connectivity index (χ4v) is 0.881. The predicted molar refractivity (Wildman–Crippen MR) is 53.6 cm³/mol. The second-order valence-electron chi connectivity index (χ2n) is 2.83. The summed E-state index contributed by atoms with van der Waals surface area (Å²) in [5.41, 5.74) is 0. The molecule has 72 valence electrons. The molecule has 0 heterocycles.